The van der Waals surface area contributed by atoms with E-state index in [0.29, 0.717) is 35.6 Å². The van der Waals surface area contributed by atoms with Crippen molar-refractivity contribution in [2.24, 2.45) is 0 Å². The number of nitrogens with zero attached hydrogens (tertiary/aromatic N) is 4. The van der Waals surface area contributed by atoms with E-state index in [9.17, 15) is 14.4 Å². The van der Waals surface area contributed by atoms with Crippen LogP contribution in [0, 0.1) is 0 Å². The van der Waals surface area contributed by atoms with Gasteiger partial charge in [-0.2, -0.15) is 4.98 Å². The fourth-order valence-corrected chi connectivity index (χ4v) is 3.94. The van der Waals surface area contributed by atoms with Gasteiger partial charge in [-0.1, -0.05) is 35.5 Å². The zero-order valence-electron chi connectivity index (χ0n) is 17.6. The van der Waals surface area contributed by atoms with Crippen molar-refractivity contribution in [1.82, 2.24) is 24.8 Å². The van der Waals surface area contributed by atoms with Gasteiger partial charge in [-0.3, -0.25) is 19.5 Å². The van der Waals surface area contributed by atoms with Crippen molar-refractivity contribution in [3.05, 3.63) is 81.1 Å². The van der Waals surface area contributed by atoms with Gasteiger partial charge < -0.3 is 14.2 Å². The second-order valence-corrected chi connectivity index (χ2v) is 7.69. The van der Waals surface area contributed by atoms with Crippen LogP contribution in [-0.2, 0) is 16.1 Å². The largest absolute Gasteiger partial charge is 0.377 e. The summed E-state index contributed by atoms with van der Waals surface area (Å²) in [6.45, 7) is 1.04. The molecule has 1 aliphatic rings. The minimum absolute atomic E-state index is 0.0219. The molecule has 0 radical (unpaired) electrons. The Hall–Kier alpha value is -4.05. The van der Waals surface area contributed by atoms with Crippen molar-refractivity contribution in [3.63, 3.8) is 0 Å². The van der Waals surface area contributed by atoms with Crippen molar-refractivity contribution in [1.29, 1.82) is 0 Å². The molecule has 2 aromatic carbocycles. The van der Waals surface area contributed by atoms with Crippen molar-refractivity contribution < 1.29 is 14.1 Å². The molecule has 1 N–H and O–H groups in total. The van der Waals surface area contributed by atoms with Crippen LogP contribution in [0.1, 0.15) is 18.3 Å². The van der Waals surface area contributed by atoms with Crippen LogP contribution < -0.4 is 11.1 Å². The van der Waals surface area contributed by atoms with E-state index in [1.165, 1.54) is 4.68 Å². The van der Waals surface area contributed by atoms with Gasteiger partial charge >= 0.3 is 0 Å². The Kier molecular flexibility index (Phi) is 5.57. The molecule has 1 fully saturated rings. The van der Waals surface area contributed by atoms with Crippen molar-refractivity contribution in [3.8, 4) is 11.5 Å². The minimum atomic E-state index is -0.500. The number of fused-ring (bicyclic) bond motifs is 1. The number of benzene rings is 2. The Balaban J connectivity index is 1.34. The smallest absolute Gasteiger partial charge is 0.273 e. The van der Waals surface area contributed by atoms with E-state index in [-0.39, 0.29) is 36.6 Å². The molecule has 1 unspecified atom stereocenters. The molecule has 1 atom stereocenters. The molecule has 3 heterocycles. The Morgan fingerprint density at radius 2 is 1.82 bits per heavy atom. The molecular formula is C23H21N5O5. The zero-order valence-corrected chi connectivity index (χ0v) is 17.6. The number of hydrogen-bond acceptors (Lipinski definition) is 7. The van der Waals surface area contributed by atoms with Gasteiger partial charge in [0.1, 0.15) is 6.04 Å². The summed E-state index contributed by atoms with van der Waals surface area (Å²) in [5.41, 5.74) is 0.0647. The van der Waals surface area contributed by atoms with Gasteiger partial charge in [0.2, 0.25) is 5.91 Å². The molecule has 0 saturated carbocycles. The van der Waals surface area contributed by atoms with Gasteiger partial charge in [0.05, 0.1) is 30.5 Å². The number of nitrogens with one attached hydrogen (secondary N) is 1. The molecule has 4 aromatic rings. The Labute approximate surface area is 187 Å². The summed E-state index contributed by atoms with van der Waals surface area (Å²) in [6, 6.07) is 15.5. The maximum absolute atomic E-state index is 13.1. The number of rotatable bonds is 5. The molecule has 2 aromatic heterocycles. The third-order valence-corrected chi connectivity index (χ3v) is 5.64. The summed E-state index contributed by atoms with van der Waals surface area (Å²) in [5, 5.41) is 7.26. The van der Waals surface area contributed by atoms with Crippen LogP contribution in [0.3, 0.4) is 0 Å². The van der Waals surface area contributed by atoms with Gasteiger partial charge in [-0.05, 0) is 24.3 Å². The third kappa shape index (κ3) is 4.08. The maximum Gasteiger partial charge on any atom is 0.273 e. The van der Waals surface area contributed by atoms with E-state index in [4.69, 9.17) is 9.26 Å². The van der Waals surface area contributed by atoms with Gasteiger partial charge in [0.25, 0.3) is 17.0 Å². The summed E-state index contributed by atoms with van der Waals surface area (Å²) in [4.78, 5) is 44.2. The van der Waals surface area contributed by atoms with E-state index < -0.39 is 6.04 Å². The summed E-state index contributed by atoms with van der Waals surface area (Å²) in [5.74, 6) is 0.525. The van der Waals surface area contributed by atoms with Gasteiger partial charge in [0, 0.05) is 18.5 Å². The number of aromatic nitrogens is 4. The maximum atomic E-state index is 13.1. The van der Waals surface area contributed by atoms with Crippen molar-refractivity contribution >= 4 is 16.7 Å². The lowest BCUT2D eigenvalue weighted by molar-refractivity contribution is -0.140. The normalized spacial score (nSPS) is 16.2. The van der Waals surface area contributed by atoms with E-state index in [1.54, 1.807) is 29.2 Å². The predicted octanol–water partition coefficient (Wildman–Crippen LogP) is 1.73. The molecule has 0 bridgehead atoms. The van der Waals surface area contributed by atoms with Crippen LogP contribution >= 0.6 is 0 Å². The number of aromatic amines is 1. The molecule has 0 spiro atoms. The lowest BCUT2D eigenvalue weighted by Crippen LogP contribution is -2.44. The number of hydrogen-bond donors (Lipinski definition) is 1. The van der Waals surface area contributed by atoms with Crippen LogP contribution in [0.2, 0.25) is 0 Å². The van der Waals surface area contributed by atoms with E-state index in [1.807, 2.05) is 30.3 Å². The van der Waals surface area contributed by atoms with Crippen LogP contribution in [-0.4, -0.2) is 50.5 Å². The second kappa shape index (κ2) is 8.83. The number of carbonyl (C=O) groups is 1. The fraction of sp³-hybridized carbons (Fsp3) is 0.261. The SMILES string of the molecule is O=C(CCn1[nH]c(=O)c2ccccc2c1=O)N1CCOCC1c1noc(-c2ccccc2)n1. The highest BCUT2D eigenvalue weighted by Gasteiger charge is 2.32. The van der Waals surface area contributed by atoms with Crippen LogP contribution in [0.5, 0.6) is 0 Å². The number of amides is 1. The third-order valence-electron chi connectivity index (χ3n) is 5.64. The standard InChI is InChI=1S/C23H21N5O5/c29-19(10-11-28-23(31)17-9-5-4-8-16(17)21(30)25-28)27-12-13-32-14-18(27)20-24-22(33-26-20)15-6-2-1-3-7-15/h1-9,18H,10-14H2,(H,25,30). The molecule has 1 amide bonds. The lowest BCUT2D eigenvalue weighted by Gasteiger charge is -2.33. The molecule has 10 heteroatoms. The molecule has 1 aliphatic heterocycles. The molecule has 10 nitrogen and oxygen atoms in total. The lowest BCUT2D eigenvalue weighted by atomic mass is 10.2. The van der Waals surface area contributed by atoms with Gasteiger partial charge in [-0.15, -0.1) is 0 Å². The average Bonchev–Trinajstić information content (AvgIpc) is 3.36. The first-order valence-corrected chi connectivity index (χ1v) is 10.6. The first-order chi connectivity index (χ1) is 16.1. The quantitative estimate of drug-likeness (QED) is 0.494. The first-order valence-electron chi connectivity index (χ1n) is 10.6. The van der Waals surface area contributed by atoms with E-state index in [0.717, 1.165) is 5.56 Å². The summed E-state index contributed by atoms with van der Waals surface area (Å²) in [7, 11) is 0. The van der Waals surface area contributed by atoms with Gasteiger partial charge in [-0.25, -0.2) is 4.68 Å². The van der Waals surface area contributed by atoms with Crippen LogP contribution in [0.25, 0.3) is 22.2 Å². The predicted molar refractivity (Wildman–Crippen MR) is 118 cm³/mol. The highest BCUT2D eigenvalue weighted by atomic mass is 16.5. The molecule has 168 valence electrons. The zero-order chi connectivity index (χ0) is 22.8. The topological polar surface area (TPSA) is 123 Å². The highest BCUT2D eigenvalue weighted by Crippen LogP contribution is 2.25. The van der Waals surface area contributed by atoms with E-state index >= 15 is 0 Å². The van der Waals surface area contributed by atoms with E-state index in [2.05, 4.69) is 15.2 Å². The summed E-state index contributed by atoms with van der Waals surface area (Å²) >= 11 is 0. The van der Waals surface area contributed by atoms with Gasteiger partial charge in [0.15, 0.2) is 5.82 Å². The number of ether oxygens (including phenoxy) is 1. The fourth-order valence-electron chi connectivity index (χ4n) is 3.94. The molecule has 1 saturated heterocycles. The second-order valence-electron chi connectivity index (χ2n) is 7.69. The molecule has 33 heavy (non-hydrogen) atoms. The highest BCUT2D eigenvalue weighted by molar-refractivity contribution is 5.80. The van der Waals surface area contributed by atoms with Crippen LogP contribution in [0.4, 0.5) is 0 Å². The minimum Gasteiger partial charge on any atom is -0.377 e. The summed E-state index contributed by atoms with van der Waals surface area (Å²) < 4.78 is 12.1. The number of carbonyl (C=O) groups excluding carboxylic acids is 1. The Bertz CT molecular complexity index is 1410. The molecular weight excluding hydrogens is 426 g/mol. The molecule has 0 aliphatic carbocycles. The number of morpholine rings is 1. The summed E-state index contributed by atoms with van der Waals surface area (Å²) in [6.07, 6.45) is 0.0219. The monoisotopic (exact) mass is 447 g/mol. The van der Waals surface area contributed by atoms with Crippen LogP contribution in [0.15, 0.2) is 68.7 Å². The Morgan fingerprint density at radius 1 is 1.06 bits per heavy atom. The van der Waals surface area contributed by atoms with Crippen molar-refractivity contribution in [2.45, 2.75) is 19.0 Å². The average molecular weight is 447 g/mol. The Morgan fingerprint density at radius 3 is 2.64 bits per heavy atom. The first kappa shape index (κ1) is 20.8. The molecule has 5 rings (SSSR count). The number of aryl methyl sites for hydroxylation is 1. The number of H-pyrrole nitrogens is 1. The van der Waals surface area contributed by atoms with Crippen molar-refractivity contribution in [2.75, 3.05) is 19.8 Å².